The van der Waals surface area contributed by atoms with Crippen LogP contribution < -0.4 is 0 Å². The monoisotopic (exact) mass is 448 g/mol. The maximum absolute atomic E-state index is 13.7. The highest BCUT2D eigenvalue weighted by molar-refractivity contribution is 9.10. The fourth-order valence-corrected chi connectivity index (χ4v) is 3.79. The van der Waals surface area contributed by atoms with Gasteiger partial charge in [-0.2, -0.15) is 0 Å². The van der Waals surface area contributed by atoms with Crippen molar-refractivity contribution in [3.8, 4) is 0 Å². The Morgan fingerprint density at radius 3 is 2.61 bits per heavy atom. The molecule has 1 aromatic rings. The summed E-state index contributed by atoms with van der Waals surface area (Å²) in [6.07, 6.45) is 1.42. The van der Waals surface area contributed by atoms with Crippen molar-refractivity contribution in [1.82, 2.24) is 0 Å². The van der Waals surface area contributed by atoms with E-state index in [1.807, 2.05) is 27.7 Å². The van der Waals surface area contributed by atoms with Gasteiger partial charge in [-0.15, -0.1) is 0 Å². The second-order valence-electron chi connectivity index (χ2n) is 8.22. The second kappa shape index (κ2) is 9.00. The Balaban J connectivity index is 2.63. The lowest BCUT2D eigenvalue weighted by atomic mass is 9.79. The molecule has 6 heteroatoms. The molecule has 1 aliphatic heterocycles. The number of benzene rings is 1. The normalized spacial score (nSPS) is 19.9. The van der Waals surface area contributed by atoms with E-state index in [9.17, 15) is 9.18 Å². The molecule has 0 amide bonds. The summed E-state index contributed by atoms with van der Waals surface area (Å²) < 4.78 is 19.8. The molecular weight excluding hydrogens is 423 g/mol. The highest BCUT2D eigenvalue weighted by Gasteiger charge is 2.43. The van der Waals surface area contributed by atoms with E-state index in [0.717, 1.165) is 6.42 Å². The molecule has 1 aliphatic rings. The number of carbonyl (C=O) groups is 1. The zero-order valence-corrected chi connectivity index (χ0v) is 18.6. The lowest BCUT2D eigenvalue weighted by molar-refractivity contribution is -0.142. The lowest BCUT2D eigenvalue weighted by Crippen LogP contribution is -2.33. The van der Waals surface area contributed by atoms with Gasteiger partial charge in [0, 0.05) is 4.47 Å². The number of hydrogen-bond donors (Lipinski definition) is 0. The second-order valence-corrected chi connectivity index (χ2v) is 9.07. The molecule has 0 fully saturated rings. The molecule has 0 saturated heterocycles. The quantitative estimate of drug-likeness (QED) is 0.404. The van der Waals surface area contributed by atoms with Gasteiger partial charge in [0.1, 0.15) is 11.7 Å². The molecule has 2 atom stereocenters. The Morgan fingerprint density at radius 1 is 1.39 bits per heavy atom. The minimum atomic E-state index is -0.639. The van der Waals surface area contributed by atoms with Crippen molar-refractivity contribution in [2.45, 2.75) is 59.4 Å². The topological polar surface area (TPSA) is 43.0 Å². The van der Waals surface area contributed by atoms with E-state index in [4.69, 9.17) is 11.3 Å². The molecule has 2 unspecified atom stereocenters. The number of aliphatic imine (C=N–C) groups is 1. The smallest absolute Gasteiger partial charge is 0.336 e. The molecule has 2 rings (SSSR count). The van der Waals surface area contributed by atoms with E-state index < -0.39 is 17.9 Å². The largest absolute Gasteiger partial charge is 0.462 e. The molecule has 0 aromatic heterocycles. The number of nitrogens with zero attached hydrogens (tertiary/aromatic N) is 2. The number of hydrogen-bond acceptors (Lipinski definition) is 3. The third-order valence-electron chi connectivity index (χ3n) is 4.46. The summed E-state index contributed by atoms with van der Waals surface area (Å²) in [7, 11) is 0. The molecule has 1 heterocycles. The standard InChI is InChI=1S/C22H26BrFN2O2/c1-7-8-17-19(21(27)28-12-22(3,4)5)18(20(25-6)13(2)26-17)15-10-9-14(24)11-16(15)23/h9-11,18,20H,7-8,12H2,1-5H3. The summed E-state index contributed by atoms with van der Waals surface area (Å²) in [4.78, 5) is 21.5. The van der Waals surface area contributed by atoms with Crippen molar-refractivity contribution in [2.24, 2.45) is 10.4 Å². The first-order valence-electron chi connectivity index (χ1n) is 9.36. The predicted octanol–water partition coefficient (Wildman–Crippen LogP) is 6.08. The third kappa shape index (κ3) is 5.08. The van der Waals surface area contributed by atoms with Crippen LogP contribution in [0.15, 0.2) is 38.9 Å². The van der Waals surface area contributed by atoms with Crippen LogP contribution in [0.1, 0.15) is 58.9 Å². The number of carbonyl (C=O) groups excluding carboxylic acids is 1. The lowest BCUT2D eigenvalue weighted by Gasteiger charge is -2.28. The third-order valence-corrected chi connectivity index (χ3v) is 5.14. The summed E-state index contributed by atoms with van der Waals surface area (Å²) in [5.74, 6) is -1.39. The van der Waals surface area contributed by atoms with E-state index in [2.05, 4.69) is 25.8 Å². The van der Waals surface area contributed by atoms with Gasteiger partial charge in [-0.05, 0) is 36.5 Å². The number of ether oxygens (including phenoxy) is 1. The Labute approximate surface area is 174 Å². The van der Waals surface area contributed by atoms with E-state index in [-0.39, 0.29) is 17.8 Å². The Hall–Kier alpha value is -2.00. The van der Waals surface area contributed by atoms with Gasteiger partial charge < -0.3 is 9.58 Å². The van der Waals surface area contributed by atoms with E-state index in [1.165, 1.54) is 12.1 Å². The van der Waals surface area contributed by atoms with Crippen LogP contribution in [0, 0.1) is 17.8 Å². The van der Waals surface area contributed by atoms with Crippen molar-refractivity contribution in [2.75, 3.05) is 6.61 Å². The van der Waals surface area contributed by atoms with Crippen LogP contribution in [-0.4, -0.2) is 24.3 Å². The number of esters is 1. The summed E-state index contributed by atoms with van der Waals surface area (Å²) in [5, 5.41) is 0. The highest BCUT2D eigenvalue weighted by atomic mass is 79.9. The first-order chi connectivity index (χ1) is 13.1. The van der Waals surface area contributed by atoms with E-state index >= 15 is 0 Å². The van der Waals surface area contributed by atoms with Crippen LogP contribution in [-0.2, 0) is 9.53 Å². The fraction of sp³-hybridized carbons (Fsp3) is 0.500. The number of allylic oxidation sites excluding steroid dienone is 1. The molecular formula is C22H26BrFN2O2. The number of rotatable bonds is 5. The summed E-state index contributed by atoms with van der Waals surface area (Å²) in [6.45, 7) is 17.7. The van der Waals surface area contributed by atoms with Crippen LogP contribution in [0.4, 0.5) is 4.39 Å². The summed E-state index contributed by atoms with van der Waals surface area (Å²) >= 11 is 3.41. The zero-order valence-electron chi connectivity index (χ0n) is 17.0. The molecule has 0 bridgehead atoms. The Kier molecular flexibility index (Phi) is 7.16. The molecule has 0 N–H and O–H groups in total. The average molecular weight is 449 g/mol. The maximum Gasteiger partial charge on any atom is 0.336 e. The Morgan fingerprint density at radius 2 is 2.07 bits per heavy atom. The first kappa shape index (κ1) is 22.3. The van der Waals surface area contributed by atoms with E-state index in [0.29, 0.717) is 33.4 Å². The van der Waals surface area contributed by atoms with Gasteiger partial charge in [0.15, 0.2) is 0 Å². The molecule has 1 aromatic carbocycles. The van der Waals surface area contributed by atoms with Gasteiger partial charge in [0.2, 0.25) is 0 Å². The van der Waals surface area contributed by atoms with Crippen LogP contribution in [0.2, 0.25) is 0 Å². The van der Waals surface area contributed by atoms with Crippen molar-refractivity contribution in [1.29, 1.82) is 0 Å². The van der Waals surface area contributed by atoms with Crippen LogP contribution in [0.25, 0.3) is 4.85 Å². The molecule has 150 valence electrons. The average Bonchev–Trinajstić information content (AvgIpc) is 2.59. The van der Waals surface area contributed by atoms with Crippen molar-refractivity contribution >= 4 is 27.6 Å². The molecule has 0 aliphatic carbocycles. The molecule has 0 radical (unpaired) electrons. The highest BCUT2D eigenvalue weighted by Crippen LogP contribution is 2.41. The van der Waals surface area contributed by atoms with Gasteiger partial charge in [-0.1, -0.05) is 56.1 Å². The zero-order chi connectivity index (χ0) is 21.1. The van der Waals surface area contributed by atoms with Crippen LogP contribution in [0.5, 0.6) is 0 Å². The van der Waals surface area contributed by atoms with Gasteiger partial charge in [-0.3, -0.25) is 4.99 Å². The summed E-state index contributed by atoms with van der Waals surface area (Å²) in [5.41, 5.74) is 2.23. The fourth-order valence-electron chi connectivity index (χ4n) is 3.20. The molecule has 28 heavy (non-hydrogen) atoms. The predicted molar refractivity (Wildman–Crippen MR) is 113 cm³/mol. The van der Waals surface area contributed by atoms with E-state index in [1.54, 1.807) is 13.0 Å². The van der Waals surface area contributed by atoms with Gasteiger partial charge in [-0.25, -0.2) is 15.8 Å². The summed E-state index contributed by atoms with van der Waals surface area (Å²) in [6, 6.07) is 3.69. The Bertz CT molecular complexity index is 862. The molecule has 0 spiro atoms. The van der Waals surface area contributed by atoms with Crippen molar-refractivity contribution in [3.05, 3.63) is 56.7 Å². The van der Waals surface area contributed by atoms with Crippen LogP contribution >= 0.6 is 15.9 Å². The maximum atomic E-state index is 13.7. The minimum Gasteiger partial charge on any atom is -0.462 e. The number of halogens is 2. The van der Waals surface area contributed by atoms with Crippen molar-refractivity contribution < 1.29 is 13.9 Å². The van der Waals surface area contributed by atoms with Gasteiger partial charge in [0.25, 0.3) is 6.04 Å². The van der Waals surface area contributed by atoms with Gasteiger partial charge in [0.05, 0.1) is 23.6 Å². The van der Waals surface area contributed by atoms with Crippen molar-refractivity contribution in [3.63, 3.8) is 0 Å². The van der Waals surface area contributed by atoms with Crippen LogP contribution in [0.3, 0.4) is 0 Å². The molecule has 4 nitrogen and oxygen atoms in total. The van der Waals surface area contributed by atoms with Gasteiger partial charge >= 0.3 is 5.97 Å². The molecule has 0 saturated carbocycles. The first-order valence-corrected chi connectivity index (χ1v) is 10.1. The minimum absolute atomic E-state index is 0.180. The SMILES string of the molecule is [C-]#[N+]C1C(C)=NC(CCC)=C(C(=O)OCC(C)(C)C)C1c1ccc(F)cc1Br.